The van der Waals surface area contributed by atoms with E-state index < -0.39 is 15.4 Å². The Bertz CT molecular complexity index is 396. The minimum absolute atomic E-state index is 0.164. The van der Waals surface area contributed by atoms with Crippen molar-refractivity contribution in [1.29, 1.82) is 0 Å². The molecule has 0 aromatic heterocycles. The highest BCUT2D eigenvalue weighted by Crippen LogP contribution is 2.55. The van der Waals surface area contributed by atoms with Gasteiger partial charge in [0.15, 0.2) is 0 Å². The van der Waals surface area contributed by atoms with E-state index in [2.05, 4.69) is 4.31 Å². The fourth-order valence-corrected chi connectivity index (χ4v) is 2.89. The van der Waals surface area contributed by atoms with E-state index in [1.807, 2.05) is 0 Å². The van der Waals surface area contributed by atoms with Crippen molar-refractivity contribution in [2.75, 3.05) is 0 Å². The van der Waals surface area contributed by atoms with Crippen LogP contribution in [0.1, 0.15) is 0 Å². The fraction of sp³-hybridized carbons (Fsp3) is 0. The zero-order valence-electron chi connectivity index (χ0n) is 6.85. The van der Waals surface area contributed by atoms with Crippen LogP contribution in [0.15, 0.2) is 30.3 Å². The lowest BCUT2D eigenvalue weighted by Crippen LogP contribution is -2.05. The van der Waals surface area contributed by atoms with Gasteiger partial charge in [-0.05, 0) is 12.1 Å². The smallest absolute Gasteiger partial charge is 0.321 e. The van der Waals surface area contributed by atoms with Crippen molar-refractivity contribution in [1.82, 2.24) is 0 Å². The number of hydrogen-bond acceptors (Lipinski definition) is 3. The van der Waals surface area contributed by atoms with E-state index in [9.17, 15) is 9.13 Å². The lowest BCUT2D eigenvalue weighted by Gasteiger charge is -2.11. The Balaban J connectivity index is 2.98. The van der Waals surface area contributed by atoms with Crippen LogP contribution in [0.2, 0.25) is 0 Å². The number of rotatable bonds is 3. The lowest BCUT2D eigenvalue weighted by atomic mass is 10.4. The van der Waals surface area contributed by atoms with Crippen LogP contribution in [-0.2, 0) is 13.4 Å². The summed E-state index contributed by atoms with van der Waals surface area (Å²) in [5.41, 5.74) is 0. The van der Waals surface area contributed by atoms with Gasteiger partial charge in [-0.3, -0.25) is 4.57 Å². The molecule has 1 atom stereocenters. The molecule has 3 N–H and O–H groups in total. The Hall–Kier alpha value is -0.480. The maximum atomic E-state index is 11.3. The first-order valence-corrected chi connectivity index (χ1v) is 6.57. The van der Waals surface area contributed by atoms with Gasteiger partial charge < -0.3 is 14.7 Å². The molecule has 1 unspecified atom stereocenters. The lowest BCUT2D eigenvalue weighted by molar-refractivity contribution is 0.268. The molecule has 8 heteroatoms. The van der Waals surface area contributed by atoms with E-state index in [1.165, 1.54) is 24.3 Å². The third-order valence-corrected chi connectivity index (χ3v) is 3.99. The van der Waals surface area contributed by atoms with Crippen molar-refractivity contribution >= 4 is 20.7 Å². The van der Waals surface area contributed by atoms with Crippen LogP contribution in [0.5, 0.6) is 0 Å². The van der Waals surface area contributed by atoms with Crippen LogP contribution >= 0.6 is 15.4 Å². The molecule has 0 bridgehead atoms. The molecule has 1 aromatic carbocycles. The monoisotopic (exact) mass is 238 g/mol. The molecule has 0 aliphatic carbocycles. The molecule has 0 radical (unpaired) electrons. The molecule has 0 aliphatic rings. The second-order valence-corrected chi connectivity index (χ2v) is 5.62. The van der Waals surface area contributed by atoms with Crippen molar-refractivity contribution in [3.05, 3.63) is 30.3 Å². The van der Waals surface area contributed by atoms with E-state index in [0.717, 1.165) is 0 Å². The summed E-state index contributed by atoms with van der Waals surface area (Å²) in [6.07, 6.45) is 0. The van der Waals surface area contributed by atoms with Crippen molar-refractivity contribution < 1.29 is 28.1 Å². The first kappa shape index (κ1) is 11.6. The van der Waals surface area contributed by atoms with E-state index in [0.29, 0.717) is 0 Å². The summed E-state index contributed by atoms with van der Waals surface area (Å²) in [6, 6.07) is 7.01. The Morgan fingerprint density at radius 3 is 1.93 bits per heavy atom. The second-order valence-electron chi connectivity index (χ2n) is 2.43. The fourth-order valence-electron chi connectivity index (χ4n) is 0.808. The summed E-state index contributed by atoms with van der Waals surface area (Å²) in [6.45, 7) is 0. The van der Waals surface area contributed by atoms with Gasteiger partial charge in [0.25, 0.3) is 0 Å². The number of benzene rings is 1. The summed E-state index contributed by atoms with van der Waals surface area (Å²) in [7, 11) is -9.40. The predicted molar refractivity (Wildman–Crippen MR) is 49.0 cm³/mol. The molecule has 0 saturated heterocycles. The summed E-state index contributed by atoms with van der Waals surface area (Å²) >= 11 is 0. The average Bonchev–Trinajstić information content (AvgIpc) is 2.01. The van der Waals surface area contributed by atoms with E-state index in [-0.39, 0.29) is 5.30 Å². The zero-order valence-corrected chi connectivity index (χ0v) is 8.64. The first-order valence-electron chi connectivity index (χ1n) is 3.46. The van der Waals surface area contributed by atoms with Gasteiger partial charge in [-0.1, -0.05) is 18.2 Å². The second kappa shape index (κ2) is 3.95. The molecule has 6 nitrogen and oxygen atoms in total. The number of phosphoric acid groups is 1. The van der Waals surface area contributed by atoms with Crippen LogP contribution in [-0.4, -0.2) is 14.7 Å². The molecule has 0 spiro atoms. The topological polar surface area (TPSA) is 104 Å². The van der Waals surface area contributed by atoms with Gasteiger partial charge in [0.2, 0.25) is 0 Å². The minimum Gasteiger partial charge on any atom is -0.321 e. The predicted octanol–water partition coefficient (Wildman–Crippen LogP) is 0.607. The highest BCUT2D eigenvalue weighted by atomic mass is 31.3. The molecule has 0 aliphatic heterocycles. The third-order valence-electron chi connectivity index (χ3n) is 1.30. The largest absolute Gasteiger partial charge is 0.477 e. The van der Waals surface area contributed by atoms with E-state index in [1.54, 1.807) is 6.07 Å². The molecule has 0 heterocycles. The minimum atomic E-state index is -4.97. The van der Waals surface area contributed by atoms with E-state index >= 15 is 0 Å². The number of hydrogen-bond donors (Lipinski definition) is 3. The SMILES string of the molecule is O=P(O)(O)OP(=O)(O)c1ccccc1. The van der Waals surface area contributed by atoms with Crippen molar-refractivity contribution in [2.24, 2.45) is 0 Å². The molecule has 78 valence electrons. The molecular formula is C6H8O6P2. The summed E-state index contributed by atoms with van der Waals surface area (Å²) in [5.74, 6) is 0. The van der Waals surface area contributed by atoms with Gasteiger partial charge in [-0.2, -0.15) is 0 Å². The Morgan fingerprint density at radius 1 is 1.00 bits per heavy atom. The van der Waals surface area contributed by atoms with Crippen LogP contribution in [0, 0.1) is 0 Å². The summed E-state index contributed by atoms with van der Waals surface area (Å²) < 4.78 is 25.4. The van der Waals surface area contributed by atoms with E-state index in [4.69, 9.17) is 14.7 Å². The van der Waals surface area contributed by atoms with Gasteiger partial charge >= 0.3 is 15.4 Å². The van der Waals surface area contributed by atoms with Gasteiger partial charge in [0, 0.05) is 0 Å². The molecule has 1 rings (SSSR count). The summed E-state index contributed by atoms with van der Waals surface area (Å²) in [4.78, 5) is 25.9. The Morgan fingerprint density at radius 2 is 1.50 bits per heavy atom. The van der Waals surface area contributed by atoms with Crippen LogP contribution < -0.4 is 5.30 Å². The maximum Gasteiger partial charge on any atom is 0.477 e. The first-order chi connectivity index (χ1) is 6.31. The molecule has 1 aromatic rings. The van der Waals surface area contributed by atoms with Gasteiger partial charge in [-0.15, -0.1) is 0 Å². The Labute approximate surface area is 79.9 Å². The summed E-state index contributed by atoms with van der Waals surface area (Å²) in [5, 5.41) is -0.164. The van der Waals surface area contributed by atoms with Crippen molar-refractivity contribution in [3.8, 4) is 0 Å². The van der Waals surface area contributed by atoms with Gasteiger partial charge in [-0.25, -0.2) is 8.88 Å². The quantitative estimate of drug-likeness (QED) is 0.666. The Kier molecular flexibility index (Phi) is 3.27. The third kappa shape index (κ3) is 3.35. The molecule has 0 fully saturated rings. The highest BCUT2D eigenvalue weighted by Gasteiger charge is 2.32. The standard InChI is InChI=1S/C6H8O6P2/c7-13(8,12-14(9,10)11)6-4-2-1-3-5-6/h1-5H,(H,7,8)(H2,9,10,11). The molecular weight excluding hydrogens is 230 g/mol. The molecule has 0 saturated carbocycles. The molecule has 0 amide bonds. The normalized spacial score (nSPS) is 16.2. The van der Waals surface area contributed by atoms with Crippen molar-refractivity contribution in [2.45, 2.75) is 0 Å². The van der Waals surface area contributed by atoms with Crippen LogP contribution in [0.4, 0.5) is 0 Å². The zero-order chi connectivity index (χ0) is 10.8. The van der Waals surface area contributed by atoms with Crippen molar-refractivity contribution in [3.63, 3.8) is 0 Å². The average molecular weight is 238 g/mol. The molecule has 14 heavy (non-hydrogen) atoms. The van der Waals surface area contributed by atoms with Crippen LogP contribution in [0.25, 0.3) is 0 Å². The van der Waals surface area contributed by atoms with Gasteiger partial charge in [0.05, 0.1) is 5.30 Å². The highest BCUT2D eigenvalue weighted by molar-refractivity contribution is 7.69. The van der Waals surface area contributed by atoms with Crippen LogP contribution in [0.3, 0.4) is 0 Å². The van der Waals surface area contributed by atoms with Gasteiger partial charge in [0.1, 0.15) is 0 Å². The maximum absolute atomic E-state index is 11.3.